The van der Waals surface area contributed by atoms with Crippen LogP contribution in [0.1, 0.15) is 25.7 Å². The largest absolute Gasteiger partial charge is 0.376 e. The predicted octanol–water partition coefficient (Wildman–Crippen LogP) is 3.59. The van der Waals surface area contributed by atoms with Crippen molar-refractivity contribution in [3.8, 4) is 11.3 Å². The lowest BCUT2D eigenvalue weighted by Crippen LogP contribution is -2.19. The molecule has 0 bridgehead atoms. The van der Waals surface area contributed by atoms with Gasteiger partial charge in [0.15, 0.2) is 5.65 Å². The molecule has 1 atom stereocenters. The Balaban J connectivity index is 1.46. The topological polar surface area (TPSA) is 54.7 Å². The van der Waals surface area contributed by atoms with Crippen LogP contribution in [0, 0.1) is 0 Å². The van der Waals surface area contributed by atoms with Gasteiger partial charge in [-0.15, -0.1) is 0 Å². The summed E-state index contributed by atoms with van der Waals surface area (Å²) in [6.07, 6.45) is 10.7. The summed E-state index contributed by atoms with van der Waals surface area (Å²) in [5.41, 5.74) is 4.24. The van der Waals surface area contributed by atoms with Gasteiger partial charge in [0.25, 0.3) is 0 Å². The second-order valence-electron chi connectivity index (χ2n) is 7.37. The monoisotopic (exact) mass is 363 g/mol. The van der Waals surface area contributed by atoms with E-state index in [0.29, 0.717) is 0 Å². The highest BCUT2D eigenvalue weighted by atomic mass is 16.5. The summed E-state index contributed by atoms with van der Waals surface area (Å²) in [7, 11) is 0. The Hall–Kier alpha value is -2.60. The molecule has 2 aliphatic rings. The molecule has 3 aromatic rings. The highest BCUT2D eigenvalue weighted by Crippen LogP contribution is 2.31. The fourth-order valence-corrected chi connectivity index (χ4v) is 4.10. The highest BCUT2D eigenvalue weighted by Gasteiger charge is 2.19. The number of hydrogen-bond donors (Lipinski definition) is 1. The van der Waals surface area contributed by atoms with Crippen molar-refractivity contribution in [3.05, 3.63) is 42.9 Å². The molecule has 0 amide bonds. The van der Waals surface area contributed by atoms with E-state index in [1.165, 1.54) is 18.5 Å². The average Bonchev–Trinajstić information content (AvgIpc) is 3.47. The number of ether oxygens (including phenoxy) is 1. The summed E-state index contributed by atoms with van der Waals surface area (Å²) < 4.78 is 7.85. The van der Waals surface area contributed by atoms with E-state index in [0.717, 1.165) is 61.8 Å². The van der Waals surface area contributed by atoms with Crippen LogP contribution < -0.4 is 10.2 Å². The Bertz CT molecular complexity index is 908. The summed E-state index contributed by atoms with van der Waals surface area (Å²) in [5, 5.41) is 3.58. The van der Waals surface area contributed by atoms with Crippen LogP contribution >= 0.6 is 0 Å². The SMILES string of the molecule is c1cn2c(NCC3CCCO3)c(-c3ccc(N4CCCC4)cc3)nc2cn1. The molecule has 2 aromatic heterocycles. The molecule has 0 radical (unpaired) electrons. The first-order valence-corrected chi connectivity index (χ1v) is 9.91. The minimum Gasteiger partial charge on any atom is -0.376 e. The first-order valence-electron chi connectivity index (χ1n) is 9.91. The van der Waals surface area contributed by atoms with Crippen LogP contribution in [0.25, 0.3) is 16.9 Å². The van der Waals surface area contributed by atoms with Gasteiger partial charge in [-0.25, -0.2) is 4.98 Å². The molecular formula is C21H25N5O. The number of aromatic nitrogens is 3. The summed E-state index contributed by atoms with van der Waals surface area (Å²) in [6.45, 7) is 3.99. The van der Waals surface area contributed by atoms with Gasteiger partial charge in [0.05, 0.1) is 12.3 Å². The van der Waals surface area contributed by atoms with Crippen molar-refractivity contribution >= 4 is 17.2 Å². The number of hydrogen-bond acceptors (Lipinski definition) is 5. The van der Waals surface area contributed by atoms with E-state index in [-0.39, 0.29) is 6.10 Å². The number of imidazole rings is 1. The van der Waals surface area contributed by atoms with Gasteiger partial charge in [-0.2, -0.15) is 0 Å². The van der Waals surface area contributed by atoms with E-state index in [4.69, 9.17) is 9.72 Å². The number of rotatable bonds is 5. The summed E-state index contributed by atoms with van der Waals surface area (Å²) >= 11 is 0. The van der Waals surface area contributed by atoms with Crippen molar-refractivity contribution < 1.29 is 4.74 Å². The molecule has 1 unspecified atom stereocenters. The van der Waals surface area contributed by atoms with Crippen molar-refractivity contribution in [1.82, 2.24) is 14.4 Å². The number of nitrogens with one attached hydrogen (secondary N) is 1. The molecule has 5 rings (SSSR count). The molecule has 6 nitrogen and oxygen atoms in total. The molecular weight excluding hydrogens is 338 g/mol. The normalized spacial score (nSPS) is 19.9. The molecule has 0 aliphatic carbocycles. The number of fused-ring (bicyclic) bond motifs is 1. The smallest absolute Gasteiger partial charge is 0.157 e. The van der Waals surface area contributed by atoms with Crippen LogP contribution in [0.4, 0.5) is 11.5 Å². The molecule has 2 fully saturated rings. The minimum absolute atomic E-state index is 0.280. The van der Waals surface area contributed by atoms with E-state index in [1.54, 1.807) is 12.4 Å². The summed E-state index contributed by atoms with van der Waals surface area (Å²) in [5.74, 6) is 1.01. The Kier molecular flexibility index (Phi) is 4.41. The second kappa shape index (κ2) is 7.19. The van der Waals surface area contributed by atoms with Gasteiger partial charge in [-0.05, 0) is 37.8 Å². The predicted molar refractivity (Wildman–Crippen MR) is 107 cm³/mol. The number of nitrogens with zero attached hydrogens (tertiary/aromatic N) is 4. The molecule has 0 saturated carbocycles. The zero-order valence-corrected chi connectivity index (χ0v) is 15.5. The van der Waals surface area contributed by atoms with Gasteiger partial charge in [0, 0.05) is 49.9 Å². The van der Waals surface area contributed by atoms with Crippen LogP contribution in [0.15, 0.2) is 42.9 Å². The number of benzene rings is 1. The Morgan fingerprint density at radius 2 is 1.96 bits per heavy atom. The van der Waals surface area contributed by atoms with Gasteiger partial charge in [-0.1, -0.05) is 12.1 Å². The third kappa shape index (κ3) is 3.25. The summed E-state index contributed by atoms with van der Waals surface area (Å²) in [6, 6.07) is 8.79. The fourth-order valence-electron chi connectivity index (χ4n) is 4.10. The Labute approximate surface area is 159 Å². The maximum Gasteiger partial charge on any atom is 0.157 e. The van der Waals surface area contributed by atoms with Gasteiger partial charge in [0.1, 0.15) is 11.5 Å². The molecule has 1 aromatic carbocycles. The standard InChI is InChI=1S/C21H25N5O/c1-2-11-25(10-1)17-7-5-16(6-8-17)20-21(23-14-18-4-3-13-27-18)26-12-9-22-15-19(26)24-20/h5-9,12,15,18,23H,1-4,10-11,13-14H2. The average molecular weight is 363 g/mol. The van der Waals surface area contributed by atoms with Crippen LogP contribution in [0.2, 0.25) is 0 Å². The first kappa shape index (κ1) is 16.6. The zero-order chi connectivity index (χ0) is 18.1. The van der Waals surface area contributed by atoms with E-state index in [2.05, 4.69) is 43.9 Å². The zero-order valence-electron chi connectivity index (χ0n) is 15.5. The highest BCUT2D eigenvalue weighted by molar-refractivity contribution is 5.77. The van der Waals surface area contributed by atoms with Gasteiger partial charge >= 0.3 is 0 Å². The lowest BCUT2D eigenvalue weighted by atomic mass is 10.1. The maximum absolute atomic E-state index is 5.77. The van der Waals surface area contributed by atoms with Crippen molar-refractivity contribution in [3.63, 3.8) is 0 Å². The second-order valence-corrected chi connectivity index (χ2v) is 7.37. The Morgan fingerprint density at radius 3 is 2.74 bits per heavy atom. The fraction of sp³-hybridized carbons (Fsp3) is 0.429. The molecule has 27 heavy (non-hydrogen) atoms. The molecule has 2 aliphatic heterocycles. The van der Waals surface area contributed by atoms with Gasteiger partial charge in [-0.3, -0.25) is 9.38 Å². The third-order valence-corrected chi connectivity index (χ3v) is 5.56. The quantitative estimate of drug-likeness (QED) is 0.751. The summed E-state index contributed by atoms with van der Waals surface area (Å²) in [4.78, 5) is 11.5. The van der Waals surface area contributed by atoms with Crippen LogP contribution in [0.5, 0.6) is 0 Å². The van der Waals surface area contributed by atoms with Crippen LogP contribution in [0.3, 0.4) is 0 Å². The molecule has 140 valence electrons. The van der Waals surface area contributed by atoms with Crippen molar-refractivity contribution in [2.24, 2.45) is 0 Å². The van der Waals surface area contributed by atoms with Gasteiger partial charge < -0.3 is 15.0 Å². The maximum atomic E-state index is 5.77. The first-order chi connectivity index (χ1) is 13.4. The molecule has 1 N–H and O–H groups in total. The Morgan fingerprint density at radius 1 is 1.11 bits per heavy atom. The van der Waals surface area contributed by atoms with Crippen molar-refractivity contribution in [2.45, 2.75) is 31.8 Å². The van der Waals surface area contributed by atoms with Crippen LogP contribution in [-0.2, 0) is 4.74 Å². The minimum atomic E-state index is 0.280. The lowest BCUT2D eigenvalue weighted by molar-refractivity contribution is 0.120. The molecule has 4 heterocycles. The van der Waals surface area contributed by atoms with Crippen molar-refractivity contribution in [1.29, 1.82) is 0 Å². The molecule has 0 spiro atoms. The molecule has 6 heteroatoms. The molecule has 2 saturated heterocycles. The van der Waals surface area contributed by atoms with E-state index >= 15 is 0 Å². The van der Waals surface area contributed by atoms with E-state index in [1.807, 2.05) is 6.20 Å². The third-order valence-electron chi connectivity index (χ3n) is 5.56. The lowest BCUT2D eigenvalue weighted by Gasteiger charge is -2.18. The van der Waals surface area contributed by atoms with Crippen LogP contribution in [-0.4, -0.2) is 46.7 Å². The number of anilines is 2. The van der Waals surface area contributed by atoms with Gasteiger partial charge in [0.2, 0.25) is 0 Å². The van der Waals surface area contributed by atoms with E-state index < -0.39 is 0 Å². The van der Waals surface area contributed by atoms with Crippen molar-refractivity contribution in [2.75, 3.05) is 36.5 Å². The van der Waals surface area contributed by atoms with E-state index in [9.17, 15) is 0 Å².